The number of thiazole rings is 1. The van der Waals surface area contributed by atoms with E-state index in [0.29, 0.717) is 21.4 Å². The molecule has 0 spiro atoms. The van der Waals surface area contributed by atoms with E-state index in [0.717, 1.165) is 4.90 Å². The zero-order valence-electron chi connectivity index (χ0n) is 11.1. The molecular weight excluding hydrogens is 330 g/mol. The molecular formula is C13H12ClN3O2S2. The van der Waals surface area contributed by atoms with Gasteiger partial charge in [0.2, 0.25) is 5.91 Å². The highest BCUT2D eigenvalue weighted by Crippen LogP contribution is 2.24. The molecule has 8 heteroatoms. The van der Waals surface area contributed by atoms with Crippen LogP contribution in [0.2, 0.25) is 5.02 Å². The molecule has 0 aliphatic carbocycles. The minimum absolute atomic E-state index is 0.0507. The standard InChI is InChI=1S/C13H12ClN3O2S2/c1-20-8-2-3-10(14)9(5-8)12(19)17-13-16-7(6-21-13)4-11(15)18/h2-3,5-6H,4H2,1H3,(H2,15,18)(H,16,17,19). The number of nitrogens with two attached hydrogens (primary N) is 1. The third kappa shape index (κ3) is 4.20. The molecule has 1 heterocycles. The fourth-order valence-electron chi connectivity index (χ4n) is 1.59. The Hall–Kier alpha value is -1.57. The third-order valence-corrected chi connectivity index (χ3v) is 4.41. The number of rotatable bonds is 5. The van der Waals surface area contributed by atoms with Gasteiger partial charge in [-0.05, 0) is 24.5 Å². The predicted octanol–water partition coefficient (Wildman–Crippen LogP) is 2.80. The molecule has 21 heavy (non-hydrogen) atoms. The summed E-state index contributed by atoms with van der Waals surface area (Å²) < 4.78 is 0. The molecule has 0 saturated carbocycles. The lowest BCUT2D eigenvalue weighted by Gasteiger charge is -2.06. The van der Waals surface area contributed by atoms with Gasteiger partial charge >= 0.3 is 0 Å². The van der Waals surface area contributed by atoms with Gasteiger partial charge in [0.15, 0.2) is 5.13 Å². The first-order chi connectivity index (χ1) is 9.99. The van der Waals surface area contributed by atoms with Crippen LogP contribution in [-0.4, -0.2) is 23.1 Å². The number of benzene rings is 1. The lowest BCUT2D eigenvalue weighted by Crippen LogP contribution is -2.15. The number of thioether (sulfide) groups is 1. The molecule has 2 amide bonds. The highest BCUT2D eigenvalue weighted by molar-refractivity contribution is 7.98. The largest absolute Gasteiger partial charge is 0.369 e. The van der Waals surface area contributed by atoms with E-state index in [4.69, 9.17) is 17.3 Å². The van der Waals surface area contributed by atoms with Crippen LogP contribution in [0.25, 0.3) is 0 Å². The van der Waals surface area contributed by atoms with Gasteiger partial charge in [-0.3, -0.25) is 14.9 Å². The summed E-state index contributed by atoms with van der Waals surface area (Å²) in [6, 6.07) is 5.25. The van der Waals surface area contributed by atoms with E-state index in [1.165, 1.54) is 23.1 Å². The van der Waals surface area contributed by atoms with Crippen molar-refractivity contribution in [1.82, 2.24) is 4.98 Å². The Labute approximate surface area is 134 Å². The number of amides is 2. The number of nitrogens with one attached hydrogen (secondary N) is 1. The highest BCUT2D eigenvalue weighted by Gasteiger charge is 2.13. The average molecular weight is 342 g/mol. The van der Waals surface area contributed by atoms with Gasteiger partial charge < -0.3 is 5.73 Å². The number of carbonyl (C=O) groups is 2. The number of carbonyl (C=O) groups excluding carboxylic acids is 2. The molecule has 5 nitrogen and oxygen atoms in total. The van der Waals surface area contributed by atoms with Gasteiger partial charge in [0.1, 0.15) is 0 Å². The van der Waals surface area contributed by atoms with Crippen molar-refractivity contribution in [1.29, 1.82) is 0 Å². The molecule has 0 bridgehead atoms. The normalized spacial score (nSPS) is 10.4. The molecule has 2 rings (SSSR count). The molecule has 110 valence electrons. The van der Waals surface area contributed by atoms with Crippen LogP contribution in [0.15, 0.2) is 28.5 Å². The van der Waals surface area contributed by atoms with E-state index >= 15 is 0 Å². The monoisotopic (exact) mass is 341 g/mol. The number of halogens is 1. The van der Waals surface area contributed by atoms with Crippen molar-refractivity contribution in [2.45, 2.75) is 11.3 Å². The van der Waals surface area contributed by atoms with Crippen molar-refractivity contribution in [2.75, 3.05) is 11.6 Å². The first-order valence-electron chi connectivity index (χ1n) is 5.87. The maximum absolute atomic E-state index is 12.2. The first-order valence-corrected chi connectivity index (χ1v) is 8.35. The van der Waals surface area contributed by atoms with E-state index in [1.807, 2.05) is 12.3 Å². The molecule has 0 aliphatic heterocycles. The molecule has 0 unspecified atom stereocenters. The Balaban J connectivity index is 2.14. The Bertz CT molecular complexity index is 688. The first kappa shape index (κ1) is 15.8. The van der Waals surface area contributed by atoms with E-state index in [-0.39, 0.29) is 12.3 Å². The fraction of sp³-hybridized carbons (Fsp3) is 0.154. The number of nitrogens with zero attached hydrogens (tertiary/aromatic N) is 1. The number of hydrogen-bond donors (Lipinski definition) is 2. The smallest absolute Gasteiger partial charge is 0.258 e. The summed E-state index contributed by atoms with van der Waals surface area (Å²) in [5.74, 6) is -0.801. The SMILES string of the molecule is CSc1ccc(Cl)c(C(=O)Nc2nc(CC(N)=O)cs2)c1. The van der Waals surface area contributed by atoms with Crippen molar-refractivity contribution in [3.05, 3.63) is 39.9 Å². The molecule has 0 atom stereocenters. The lowest BCUT2D eigenvalue weighted by atomic mass is 10.2. The van der Waals surface area contributed by atoms with Crippen molar-refractivity contribution < 1.29 is 9.59 Å². The van der Waals surface area contributed by atoms with E-state index in [1.54, 1.807) is 17.5 Å². The van der Waals surface area contributed by atoms with Gasteiger partial charge in [-0.15, -0.1) is 23.1 Å². The summed E-state index contributed by atoms with van der Waals surface area (Å²) in [6.45, 7) is 0. The van der Waals surface area contributed by atoms with Crippen LogP contribution in [-0.2, 0) is 11.2 Å². The van der Waals surface area contributed by atoms with Crippen molar-refractivity contribution >= 4 is 51.6 Å². The van der Waals surface area contributed by atoms with Crippen LogP contribution < -0.4 is 11.1 Å². The number of anilines is 1. The Morgan fingerprint density at radius 1 is 1.48 bits per heavy atom. The van der Waals surface area contributed by atoms with Crippen LogP contribution >= 0.6 is 34.7 Å². The quantitative estimate of drug-likeness (QED) is 0.819. The van der Waals surface area contributed by atoms with E-state index < -0.39 is 5.91 Å². The summed E-state index contributed by atoms with van der Waals surface area (Å²) in [5.41, 5.74) is 6.01. The maximum Gasteiger partial charge on any atom is 0.258 e. The maximum atomic E-state index is 12.2. The second-order valence-corrected chi connectivity index (χ2v) is 6.23. The molecule has 2 aromatic rings. The number of hydrogen-bond acceptors (Lipinski definition) is 5. The third-order valence-electron chi connectivity index (χ3n) is 2.55. The Morgan fingerprint density at radius 2 is 2.24 bits per heavy atom. The molecule has 0 saturated heterocycles. The van der Waals surface area contributed by atoms with Crippen LogP contribution in [0.3, 0.4) is 0 Å². The summed E-state index contributed by atoms with van der Waals surface area (Å²) in [5, 5.41) is 5.13. The summed E-state index contributed by atoms with van der Waals surface area (Å²) in [4.78, 5) is 28.1. The number of primary amides is 1. The van der Waals surface area contributed by atoms with Crippen LogP contribution in [0.4, 0.5) is 5.13 Å². The molecule has 1 aromatic heterocycles. The van der Waals surface area contributed by atoms with Gasteiger partial charge in [0.05, 0.1) is 22.7 Å². The average Bonchev–Trinajstić information content (AvgIpc) is 2.85. The topological polar surface area (TPSA) is 85.1 Å². The summed E-state index contributed by atoms with van der Waals surface area (Å²) in [7, 11) is 0. The van der Waals surface area contributed by atoms with Crippen LogP contribution in [0.1, 0.15) is 16.1 Å². The second kappa shape index (κ2) is 6.93. The molecule has 1 aromatic carbocycles. The zero-order chi connectivity index (χ0) is 15.4. The van der Waals surface area contributed by atoms with Crippen LogP contribution in [0.5, 0.6) is 0 Å². The van der Waals surface area contributed by atoms with Crippen molar-refractivity contribution in [3.63, 3.8) is 0 Å². The molecule has 0 aliphatic rings. The van der Waals surface area contributed by atoms with Gasteiger partial charge in [0.25, 0.3) is 5.91 Å². The van der Waals surface area contributed by atoms with E-state index in [2.05, 4.69) is 10.3 Å². The molecule has 0 fully saturated rings. The summed E-state index contributed by atoms with van der Waals surface area (Å²) >= 11 is 8.79. The van der Waals surface area contributed by atoms with Crippen LogP contribution in [0, 0.1) is 0 Å². The van der Waals surface area contributed by atoms with Crippen molar-refractivity contribution in [2.24, 2.45) is 5.73 Å². The minimum atomic E-state index is -0.464. The van der Waals surface area contributed by atoms with Gasteiger partial charge in [0, 0.05) is 10.3 Å². The highest BCUT2D eigenvalue weighted by atomic mass is 35.5. The minimum Gasteiger partial charge on any atom is -0.369 e. The summed E-state index contributed by atoms with van der Waals surface area (Å²) in [6.07, 6.45) is 1.97. The number of aromatic nitrogens is 1. The van der Waals surface area contributed by atoms with Gasteiger partial charge in [-0.1, -0.05) is 11.6 Å². The van der Waals surface area contributed by atoms with E-state index in [9.17, 15) is 9.59 Å². The fourth-order valence-corrected chi connectivity index (χ4v) is 2.94. The van der Waals surface area contributed by atoms with Crippen molar-refractivity contribution in [3.8, 4) is 0 Å². The predicted molar refractivity (Wildman–Crippen MR) is 86.2 cm³/mol. The van der Waals surface area contributed by atoms with Gasteiger partial charge in [-0.2, -0.15) is 0 Å². The lowest BCUT2D eigenvalue weighted by molar-refractivity contribution is -0.117. The second-order valence-electron chi connectivity index (χ2n) is 4.09. The van der Waals surface area contributed by atoms with Gasteiger partial charge in [-0.25, -0.2) is 4.98 Å². The molecule has 3 N–H and O–H groups in total. The molecule has 0 radical (unpaired) electrons. The Morgan fingerprint density at radius 3 is 2.90 bits per heavy atom. The Kier molecular flexibility index (Phi) is 5.22. The zero-order valence-corrected chi connectivity index (χ0v) is 13.4.